The topological polar surface area (TPSA) is 46.0 Å². The molecule has 0 radical (unpaired) electrons. The Morgan fingerprint density at radius 1 is 1.08 bits per heavy atom. The summed E-state index contributed by atoms with van der Waals surface area (Å²) in [6.07, 6.45) is 3.64. The van der Waals surface area contributed by atoms with E-state index in [4.69, 9.17) is 4.98 Å². The molecule has 0 fully saturated rings. The first-order valence-corrected chi connectivity index (χ1v) is 7.97. The second-order valence-corrected chi connectivity index (χ2v) is 6.21. The van der Waals surface area contributed by atoms with Crippen LogP contribution in [-0.2, 0) is 7.05 Å². The highest BCUT2D eigenvalue weighted by Gasteiger charge is 2.11. The summed E-state index contributed by atoms with van der Waals surface area (Å²) in [6.45, 7) is 0. The van der Waals surface area contributed by atoms with E-state index in [1.807, 2.05) is 50.1 Å². The summed E-state index contributed by atoms with van der Waals surface area (Å²) < 4.78 is 15.9. The monoisotopic (exact) mass is 335 g/mol. The Morgan fingerprint density at radius 3 is 2.72 bits per heavy atom. The molecule has 0 aliphatic rings. The number of nitrogens with zero attached hydrogens (tertiary/aromatic N) is 4. The van der Waals surface area contributed by atoms with E-state index >= 15 is 0 Å². The Morgan fingerprint density at radius 2 is 1.92 bits per heavy atom. The molecule has 0 saturated carbocycles. The van der Waals surface area contributed by atoms with E-state index in [0.29, 0.717) is 11.5 Å². The zero-order valence-corrected chi connectivity index (χ0v) is 14.3. The van der Waals surface area contributed by atoms with Crippen LogP contribution in [0.2, 0.25) is 0 Å². The maximum atomic E-state index is 13.8. The number of aryl methyl sites for hydroxylation is 1. The van der Waals surface area contributed by atoms with Gasteiger partial charge in [-0.15, -0.1) is 0 Å². The van der Waals surface area contributed by atoms with E-state index in [1.54, 1.807) is 23.2 Å². The number of aromatic nitrogens is 3. The van der Waals surface area contributed by atoms with Gasteiger partial charge in [0, 0.05) is 50.0 Å². The predicted molar refractivity (Wildman–Crippen MR) is 100 cm³/mol. The molecule has 0 saturated heterocycles. The summed E-state index contributed by atoms with van der Waals surface area (Å²) in [4.78, 5) is 10.7. The van der Waals surface area contributed by atoms with Gasteiger partial charge in [-0.1, -0.05) is 0 Å². The molecule has 5 nitrogen and oxygen atoms in total. The van der Waals surface area contributed by atoms with Crippen molar-refractivity contribution in [2.45, 2.75) is 0 Å². The highest BCUT2D eigenvalue weighted by atomic mass is 19.1. The van der Waals surface area contributed by atoms with Crippen LogP contribution in [0.25, 0.3) is 21.9 Å². The number of hydrogen-bond donors (Lipinski definition) is 1. The average molecular weight is 335 g/mol. The van der Waals surface area contributed by atoms with E-state index in [2.05, 4.69) is 10.3 Å². The van der Waals surface area contributed by atoms with Gasteiger partial charge in [-0.3, -0.25) is 4.98 Å². The number of rotatable bonds is 3. The predicted octanol–water partition coefficient (Wildman–Crippen LogP) is 4.07. The van der Waals surface area contributed by atoms with Crippen LogP contribution in [0.15, 0.2) is 48.8 Å². The lowest BCUT2D eigenvalue weighted by atomic mass is 10.2. The Kier molecular flexibility index (Phi) is 3.53. The van der Waals surface area contributed by atoms with Crippen molar-refractivity contribution in [2.24, 2.45) is 7.05 Å². The lowest BCUT2D eigenvalue weighted by Crippen LogP contribution is -2.11. The minimum Gasteiger partial charge on any atom is -0.375 e. The van der Waals surface area contributed by atoms with Crippen LogP contribution in [0.1, 0.15) is 0 Å². The standard InChI is InChI=1S/C19H18FN5/c1-24(2)17-10-12(4-6-15(17)20)22-18-7-5-13-14-11-21-9-8-16(14)25(3)19(13)23-18/h4-11H,1-3H3,(H,22,23). The van der Waals surface area contributed by atoms with Crippen LogP contribution >= 0.6 is 0 Å². The molecule has 4 aromatic rings. The van der Waals surface area contributed by atoms with Crippen molar-refractivity contribution in [3.63, 3.8) is 0 Å². The van der Waals surface area contributed by atoms with Gasteiger partial charge in [0.2, 0.25) is 0 Å². The van der Waals surface area contributed by atoms with Crippen molar-refractivity contribution in [3.05, 3.63) is 54.6 Å². The Balaban J connectivity index is 1.77. The molecule has 1 aromatic carbocycles. The Labute approximate surface area is 144 Å². The summed E-state index contributed by atoms with van der Waals surface area (Å²) in [6, 6.07) is 10.9. The fourth-order valence-electron chi connectivity index (χ4n) is 3.07. The van der Waals surface area contributed by atoms with E-state index in [-0.39, 0.29) is 5.82 Å². The fourth-order valence-corrected chi connectivity index (χ4v) is 3.07. The van der Waals surface area contributed by atoms with E-state index < -0.39 is 0 Å². The Hall–Kier alpha value is -3.15. The van der Waals surface area contributed by atoms with Gasteiger partial charge in [0.05, 0.1) is 11.2 Å². The molecule has 3 heterocycles. The van der Waals surface area contributed by atoms with Crippen LogP contribution in [0.3, 0.4) is 0 Å². The molecule has 6 heteroatoms. The van der Waals surface area contributed by atoms with Crippen LogP contribution in [0.5, 0.6) is 0 Å². The van der Waals surface area contributed by atoms with Gasteiger partial charge >= 0.3 is 0 Å². The third kappa shape index (κ3) is 2.55. The number of nitrogens with one attached hydrogen (secondary N) is 1. The van der Waals surface area contributed by atoms with Crippen LogP contribution < -0.4 is 10.2 Å². The molecule has 3 aromatic heterocycles. The number of fused-ring (bicyclic) bond motifs is 3. The van der Waals surface area contributed by atoms with Crippen molar-refractivity contribution in [3.8, 4) is 0 Å². The zero-order valence-electron chi connectivity index (χ0n) is 14.3. The Bertz CT molecular complexity index is 1080. The molecule has 25 heavy (non-hydrogen) atoms. The molecule has 1 N–H and O–H groups in total. The molecule has 0 aliphatic heterocycles. The quantitative estimate of drug-likeness (QED) is 0.613. The van der Waals surface area contributed by atoms with Crippen molar-refractivity contribution < 1.29 is 4.39 Å². The van der Waals surface area contributed by atoms with E-state index in [1.165, 1.54) is 6.07 Å². The maximum Gasteiger partial charge on any atom is 0.146 e. The third-order valence-corrected chi connectivity index (χ3v) is 4.34. The molecular weight excluding hydrogens is 317 g/mol. The SMILES string of the molecule is CN(C)c1cc(Nc2ccc3c4cnccc4n(C)c3n2)ccc1F. The number of halogens is 1. The van der Waals surface area contributed by atoms with E-state index in [0.717, 1.165) is 27.6 Å². The van der Waals surface area contributed by atoms with Gasteiger partial charge in [0.15, 0.2) is 0 Å². The lowest BCUT2D eigenvalue weighted by molar-refractivity contribution is 0.626. The second kappa shape index (κ2) is 5.73. The van der Waals surface area contributed by atoms with Gasteiger partial charge in [0.1, 0.15) is 17.3 Å². The summed E-state index contributed by atoms with van der Waals surface area (Å²) in [7, 11) is 5.62. The van der Waals surface area contributed by atoms with Gasteiger partial charge in [0.25, 0.3) is 0 Å². The van der Waals surface area contributed by atoms with Crippen molar-refractivity contribution >= 4 is 39.1 Å². The second-order valence-electron chi connectivity index (χ2n) is 6.21. The largest absolute Gasteiger partial charge is 0.375 e. The number of hydrogen-bond acceptors (Lipinski definition) is 4. The normalized spacial score (nSPS) is 11.2. The molecule has 0 bridgehead atoms. The highest BCUT2D eigenvalue weighted by Crippen LogP contribution is 2.29. The highest BCUT2D eigenvalue weighted by molar-refractivity contribution is 6.06. The maximum absolute atomic E-state index is 13.8. The molecule has 0 amide bonds. The first-order chi connectivity index (χ1) is 12.0. The third-order valence-electron chi connectivity index (χ3n) is 4.34. The van der Waals surface area contributed by atoms with Gasteiger partial charge < -0.3 is 14.8 Å². The summed E-state index contributed by atoms with van der Waals surface area (Å²) in [5.74, 6) is 0.461. The summed E-state index contributed by atoms with van der Waals surface area (Å²) in [5, 5.41) is 5.40. The fraction of sp³-hybridized carbons (Fsp3) is 0.158. The molecule has 126 valence electrons. The van der Waals surface area contributed by atoms with Crippen LogP contribution in [0.4, 0.5) is 21.6 Å². The molecule has 0 unspecified atom stereocenters. The minimum atomic E-state index is -0.250. The number of benzene rings is 1. The van der Waals surface area contributed by atoms with Crippen molar-refractivity contribution in [1.82, 2.24) is 14.5 Å². The summed E-state index contributed by atoms with van der Waals surface area (Å²) >= 11 is 0. The van der Waals surface area contributed by atoms with Crippen LogP contribution in [-0.4, -0.2) is 28.6 Å². The lowest BCUT2D eigenvalue weighted by Gasteiger charge is -2.15. The number of anilines is 3. The molecular formula is C19H18FN5. The van der Waals surface area contributed by atoms with Gasteiger partial charge in [-0.05, 0) is 36.4 Å². The first kappa shape index (κ1) is 15.4. The molecule has 0 atom stereocenters. The molecule has 4 rings (SSSR count). The minimum absolute atomic E-state index is 0.250. The molecule has 0 aliphatic carbocycles. The van der Waals surface area contributed by atoms with Crippen molar-refractivity contribution in [1.29, 1.82) is 0 Å². The number of pyridine rings is 2. The van der Waals surface area contributed by atoms with Gasteiger partial charge in [-0.25, -0.2) is 9.37 Å². The molecule has 0 spiro atoms. The van der Waals surface area contributed by atoms with Crippen molar-refractivity contribution in [2.75, 3.05) is 24.3 Å². The zero-order chi connectivity index (χ0) is 17.6. The average Bonchev–Trinajstić information content (AvgIpc) is 2.89. The van der Waals surface area contributed by atoms with Gasteiger partial charge in [-0.2, -0.15) is 0 Å². The first-order valence-electron chi connectivity index (χ1n) is 7.97. The van der Waals surface area contributed by atoms with E-state index in [9.17, 15) is 4.39 Å². The summed E-state index contributed by atoms with van der Waals surface area (Å²) in [5.41, 5.74) is 3.29. The smallest absolute Gasteiger partial charge is 0.146 e. The van der Waals surface area contributed by atoms with Crippen LogP contribution in [0, 0.1) is 5.82 Å².